The number of carbonyl (C=O) groups excluding carboxylic acids is 2. The maximum absolute atomic E-state index is 12.7. The van der Waals surface area contributed by atoms with Crippen LogP contribution in [0.4, 0.5) is 4.79 Å². The second-order valence-corrected chi connectivity index (χ2v) is 7.79. The van der Waals surface area contributed by atoms with E-state index >= 15 is 0 Å². The van der Waals surface area contributed by atoms with E-state index in [-0.39, 0.29) is 11.3 Å². The number of ether oxygens (including phenoxy) is 1. The molecule has 1 heterocycles. The zero-order valence-corrected chi connectivity index (χ0v) is 19.6. The number of hydrogen-bond donors (Lipinski definition) is 1. The lowest BCUT2D eigenvalue weighted by Gasteiger charge is -2.05. The summed E-state index contributed by atoms with van der Waals surface area (Å²) in [7, 11) is 1.26. The average molecular weight is 446 g/mol. The minimum Gasteiger partial charge on any atom is -0.507 e. The summed E-state index contributed by atoms with van der Waals surface area (Å²) in [5, 5.41) is 10.3. The normalized spacial score (nSPS) is 12.4. The second kappa shape index (κ2) is 14.9. The number of aliphatic imine (C=N–C) groups is 1. The van der Waals surface area contributed by atoms with E-state index in [0.717, 1.165) is 18.4 Å². The van der Waals surface area contributed by atoms with E-state index in [4.69, 9.17) is 4.42 Å². The summed E-state index contributed by atoms with van der Waals surface area (Å²) in [6.07, 6.45) is 12.4. The minimum absolute atomic E-state index is 0.304. The Bertz CT molecular complexity index is 907. The van der Waals surface area contributed by atoms with Gasteiger partial charge in [-0.3, -0.25) is 4.79 Å². The van der Waals surface area contributed by atoms with Gasteiger partial charge in [0.15, 0.2) is 5.78 Å². The molecule has 0 unspecified atom stereocenters. The van der Waals surface area contributed by atoms with Crippen LogP contribution in [0.3, 0.4) is 0 Å². The fourth-order valence-corrected chi connectivity index (χ4v) is 3.04. The third-order valence-corrected chi connectivity index (χ3v) is 4.99. The van der Waals surface area contributed by atoms with Crippen molar-refractivity contribution in [2.75, 3.05) is 7.11 Å². The van der Waals surface area contributed by atoms with Gasteiger partial charge in [0.05, 0.1) is 7.11 Å². The highest BCUT2D eigenvalue weighted by Crippen LogP contribution is 2.20. The van der Waals surface area contributed by atoms with Crippen LogP contribution < -0.4 is 5.63 Å². The molecule has 1 amide bonds. The Morgan fingerprint density at radius 1 is 1.12 bits per heavy atom. The third-order valence-electron chi connectivity index (χ3n) is 4.99. The highest BCUT2D eigenvalue weighted by atomic mass is 16.5. The quantitative estimate of drug-likeness (QED) is 0.132. The molecule has 7 heteroatoms. The molecule has 176 valence electrons. The standard InChI is InChI=1S/C25H35NO6/c1-5-6-7-9-12-18(2)14-15-19(3)23(28)22-21(27)17-20(32-24(22)29)13-10-8-11-16-26-25(30)31-4/h14-17,27H,5-13H2,1-4H3. The Labute approximate surface area is 189 Å². The lowest BCUT2D eigenvalue weighted by Crippen LogP contribution is -2.16. The summed E-state index contributed by atoms with van der Waals surface area (Å²) in [4.78, 5) is 39.4. The molecule has 0 spiro atoms. The van der Waals surface area contributed by atoms with Crippen LogP contribution in [0.5, 0.6) is 5.75 Å². The van der Waals surface area contributed by atoms with Crippen LogP contribution in [0.15, 0.2) is 43.6 Å². The van der Waals surface area contributed by atoms with E-state index in [2.05, 4.69) is 16.7 Å². The molecular formula is C25H35NO6. The zero-order chi connectivity index (χ0) is 23.9. The molecule has 7 nitrogen and oxygen atoms in total. The number of ketones is 1. The van der Waals surface area contributed by atoms with Gasteiger partial charge >= 0.3 is 11.7 Å². The Kier molecular flexibility index (Phi) is 12.6. The van der Waals surface area contributed by atoms with Gasteiger partial charge in [-0.05, 0) is 51.5 Å². The molecule has 0 saturated heterocycles. The van der Waals surface area contributed by atoms with Crippen molar-refractivity contribution in [2.24, 2.45) is 4.99 Å². The van der Waals surface area contributed by atoms with Crippen molar-refractivity contribution in [3.63, 3.8) is 0 Å². The summed E-state index contributed by atoms with van der Waals surface area (Å²) in [6, 6.07) is 1.32. The van der Waals surface area contributed by atoms with Gasteiger partial charge in [-0.2, -0.15) is 4.99 Å². The van der Waals surface area contributed by atoms with Crippen molar-refractivity contribution < 1.29 is 23.8 Å². The van der Waals surface area contributed by atoms with Gasteiger partial charge in [-0.1, -0.05) is 43.9 Å². The summed E-state index contributed by atoms with van der Waals surface area (Å²) in [5.74, 6) is -0.614. The topological polar surface area (TPSA) is 106 Å². The molecular weight excluding hydrogens is 410 g/mol. The van der Waals surface area contributed by atoms with Crippen molar-refractivity contribution in [1.82, 2.24) is 0 Å². The summed E-state index contributed by atoms with van der Waals surface area (Å²) in [6.45, 7) is 5.80. The zero-order valence-electron chi connectivity index (χ0n) is 19.6. The number of rotatable bonds is 13. The molecule has 1 N–H and O–H groups in total. The Balaban J connectivity index is 2.71. The number of hydrogen-bond acceptors (Lipinski definition) is 6. The van der Waals surface area contributed by atoms with Gasteiger partial charge in [-0.15, -0.1) is 0 Å². The Morgan fingerprint density at radius 2 is 1.88 bits per heavy atom. The van der Waals surface area contributed by atoms with E-state index in [1.54, 1.807) is 13.0 Å². The van der Waals surface area contributed by atoms with Crippen molar-refractivity contribution in [2.45, 2.75) is 78.6 Å². The minimum atomic E-state index is -0.842. The number of nitrogens with zero attached hydrogens (tertiary/aromatic N) is 1. The average Bonchev–Trinajstić information content (AvgIpc) is 2.76. The van der Waals surface area contributed by atoms with Crippen LogP contribution in [-0.2, 0) is 11.2 Å². The predicted molar refractivity (Wildman–Crippen MR) is 126 cm³/mol. The summed E-state index contributed by atoms with van der Waals surface area (Å²) in [5.41, 5.74) is 0.335. The number of aryl methyl sites for hydroxylation is 1. The van der Waals surface area contributed by atoms with E-state index in [0.29, 0.717) is 37.0 Å². The molecule has 0 aliphatic carbocycles. The van der Waals surface area contributed by atoms with Crippen LogP contribution >= 0.6 is 0 Å². The number of carbonyl (C=O) groups is 2. The van der Waals surface area contributed by atoms with Gasteiger partial charge < -0.3 is 14.3 Å². The highest BCUT2D eigenvalue weighted by molar-refractivity contribution is 6.09. The Morgan fingerprint density at radius 3 is 2.53 bits per heavy atom. The monoisotopic (exact) mass is 445 g/mol. The summed E-state index contributed by atoms with van der Waals surface area (Å²) >= 11 is 0. The maximum Gasteiger partial charge on any atom is 0.432 e. The molecule has 0 atom stereocenters. The Hall–Kier alpha value is -2.96. The first-order valence-corrected chi connectivity index (χ1v) is 11.1. The van der Waals surface area contributed by atoms with Gasteiger partial charge in [0.25, 0.3) is 0 Å². The number of allylic oxidation sites excluding steroid dienone is 4. The van der Waals surface area contributed by atoms with Gasteiger partial charge in [0.2, 0.25) is 0 Å². The molecule has 0 aromatic carbocycles. The van der Waals surface area contributed by atoms with Crippen molar-refractivity contribution in [1.29, 1.82) is 0 Å². The molecule has 0 radical (unpaired) electrons. The predicted octanol–water partition coefficient (Wildman–Crippen LogP) is 5.94. The SMILES string of the molecule is CCCCCCC(C)=CC=C(C)C(=O)c1c(O)cc(CCCCC=NC(=O)OC)oc1=O. The number of aromatic hydroxyl groups is 1. The molecule has 0 aliphatic rings. The van der Waals surface area contributed by atoms with E-state index in [9.17, 15) is 19.5 Å². The summed E-state index contributed by atoms with van der Waals surface area (Å²) < 4.78 is 9.64. The van der Waals surface area contributed by atoms with E-state index < -0.39 is 17.5 Å². The molecule has 0 saturated carbocycles. The fourth-order valence-electron chi connectivity index (χ4n) is 3.04. The van der Waals surface area contributed by atoms with Crippen LogP contribution in [0.25, 0.3) is 0 Å². The van der Waals surface area contributed by atoms with Gasteiger partial charge in [-0.25, -0.2) is 9.59 Å². The van der Waals surface area contributed by atoms with Crippen LogP contribution in [0.2, 0.25) is 0 Å². The van der Waals surface area contributed by atoms with Crippen LogP contribution in [0.1, 0.15) is 88.3 Å². The maximum atomic E-state index is 12.7. The van der Waals surface area contributed by atoms with Gasteiger partial charge in [0.1, 0.15) is 17.1 Å². The molecule has 1 aromatic rings. The molecule has 0 aliphatic heterocycles. The lowest BCUT2D eigenvalue weighted by atomic mass is 10.0. The largest absolute Gasteiger partial charge is 0.507 e. The number of Topliss-reactive ketones (excluding diaryl/α,β-unsaturated/α-hetero) is 1. The van der Waals surface area contributed by atoms with E-state index in [1.165, 1.54) is 38.7 Å². The first-order chi connectivity index (χ1) is 15.3. The van der Waals surface area contributed by atoms with Crippen molar-refractivity contribution in [3.05, 3.63) is 51.1 Å². The number of amides is 1. The number of unbranched alkanes of at least 4 members (excludes halogenated alkanes) is 5. The molecule has 0 fully saturated rings. The van der Waals surface area contributed by atoms with Crippen molar-refractivity contribution in [3.8, 4) is 5.75 Å². The molecule has 32 heavy (non-hydrogen) atoms. The first kappa shape index (κ1) is 27.1. The smallest absolute Gasteiger partial charge is 0.432 e. The second-order valence-electron chi connectivity index (χ2n) is 7.79. The van der Waals surface area contributed by atoms with Crippen LogP contribution in [0, 0.1) is 0 Å². The molecule has 1 aromatic heterocycles. The third kappa shape index (κ3) is 9.90. The fraction of sp³-hybridized carbons (Fsp3) is 0.520. The van der Waals surface area contributed by atoms with Crippen molar-refractivity contribution >= 4 is 18.1 Å². The molecule has 1 rings (SSSR count). The highest BCUT2D eigenvalue weighted by Gasteiger charge is 2.20. The van der Waals surface area contributed by atoms with Crippen LogP contribution in [-0.4, -0.2) is 30.3 Å². The van der Waals surface area contributed by atoms with Gasteiger partial charge in [0, 0.05) is 18.7 Å². The molecule has 0 bridgehead atoms. The number of methoxy groups -OCH3 is 1. The van der Waals surface area contributed by atoms with E-state index in [1.807, 2.05) is 13.0 Å². The lowest BCUT2D eigenvalue weighted by molar-refractivity contribution is 0.102. The first-order valence-electron chi connectivity index (χ1n) is 11.1.